The highest BCUT2D eigenvalue weighted by atomic mass is 19.1. The Bertz CT molecular complexity index is 4240. The summed E-state index contributed by atoms with van der Waals surface area (Å²) in [6, 6.07) is 37.6. The first-order valence-corrected chi connectivity index (χ1v) is 33.1. The van der Waals surface area contributed by atoms with Gasteiger partial charge in [0.05, 0.1) is 6.04 Å². The van der Waals surface area contributed by atoms with E-state index in [2.05, 4.69) is 29.1 Å². The lowest BCUT2D eigenvalue weighted by Crippen LogP contribution is -2.41. The minimum absolute atomic E-state index is 0.00923. The smallest absolute Gasteiger partial charge is 0.410 e. The Kier molecular flexibility index (Phi) is 18.7. The average Bonchev–Trinajstić information content (AvgIpc) is 1.60. The summed E-state index contributed by atoms with van der Waals surface area (Å²) in [5.41, 5.74) is 14.8. The van der Waals surface area contributed by atoms with Gasteiger partial charge in [-0.05, 0) is 197 Å². The van der Waals surface area contributed by atoms with E-state index in [9.17, 15) is 36.7 Å². The van der Waals surface area contributed by atoms with Crippen molar-refractivity contribution in [3.8, 4) is 0 Å². The monoisotopic (exact) mass is 1280 g/mol. The molecule has 2 amide bonds. The van der Waals surface area contributed by atoms with Crippen molar-refractivity contribution in [1.82, 2.24) is 25.1 Å². The number of benzene rings is 6. The van der Waals surface area contributed by atoms with Gasteiger partial charge in [0.1, 0.15) is 48.7 Å². The van der Waals surface area contributed by atoms with Crippen molar-refractivity contribution in [2.45, 2.75) is 148 Å². The Morgan fingerprint density at radius 1 is 0.511 bits per heavy atom. The zero-order valence-electron chi connectivity index (χ0n) is 53.5. The van der Waals surface area contributed by atoms with Crippen LogP contribution < -0.4 is 5.32 Å². The van der Waals surface area contributed by atoms with Crippen molar-refractivity contribution in [3.05, 3.63) is 213 Å². The number of carbonyl (C=O) groups excluding carboxylic acids is 4. The van der Waals surface area contributed by atoms with Crippen molar-refractivity contribution in [1.29, 1.82) is 0 Å². The number of halogens is 4. The largest absolute Gasteiger partial charge is 0.461 e. The SMILES string of the molecule is CC(=O)O[C@H]1CCN(C(=O)OCc2ccccc2)[C@@H]1CC1=C(c2[nH]c3cc(F)ccc3c2C[C@@H]2[C@@H](C)CCN2C(=O)OCc2ccccc2)Cc2cc(F)ccc21.CC(=O)O[C@H]1CCN[C@@H]1CC1=C(c2[nH]c3cc(F)ccc3c2C[C@H]2CCC[C@@H]2C)Cc2cc(F)ccc21. The Hall–Kier alpha value is -8.96. The number of hydrogen-bond donors (Lipinski definition) is 3. The van der Waals surface area contributed by atoms with Crippen molar-refractivity contribution >= 4 is 68.2 Å². The van der Waals surface area contributed by atoms with Gasteiger partial charge in [0.15, 0.2) is 0 Å². The number of hydrogen-bond acceptors (Lipinski definition) is 9. The maximum atomic E-state index is 14.9. The number of H-pyrrole nitrogens is 2. The van der Waals surface area contributed by atoms with E-state index in [1.807, 2.05) is 72.8 Å². The minimum atomic E-state index is -0.601. The van der Waals surface area contributed by atoms with Gasteiger partial charge in [-0.2, -0.15) is 0 Å². The van der Waals surface area contributed by atoms with Crippen molar-refractivity contribution in [2.24, 2.45) is 17.8 Å². The van der Waals surface area contributed by atoms with Gasteiger partial charge in [0.25, 0.3) is 0 Å². The molecule has 94 heavy (non-hydrogen) atoms. The summed E-state index contributed by atoms with van der Waals surface area (Å²) in [4.78, 5) is 62.0. The molecule has 8 aromatic rings. The summed E-state index contributed by atoms with van der Waals surface area (Å²) in [7, 11) is 0. The molecule has 3 aliphatic heterocycles. The quantitative estimate of drug-likeness (QED) is 0.0487. The van der Waals surface area contributed by atoms with E-state index < -0.39 is 30.0 Å². The molecule has 13 nitrogen and oxygen atoms in total. The highest BCUT2D eigenvalue weighted by molar-refractivity contribution is 6.02. The third-order valence-electron chi connectivity index (χ3n) is 20.5. The fourth-order valence-corrected chi connectivity index (χ4v) is 15.8. The standard InChI is InChI=1S/C46H45F2N3O6.C31H34F2N2O2/c1-28-17-19-50(45(53)55-26-30-9-5-3-6-10-30)41(28)25-39-36-16-14-34(48)23-40(36)49-44(39)38-22-32-21-33(47)13-15-35(32)37(38)24-42-43(57-29(2)52)18-20-51(42)46(54)56-27-31-11-7-4-8-12-31;1-17-4-3-5-19(17)13-26-24-9-7-22(33)15-28(24)35-31(26)27-14-20-12-21(32)6-8-23(20)25(27)16-29-30(10-11-34-29)37-18(2)36/h3-16,21,23,28,41-43,49H,17-20,22,24-27H2,1-2H3;6-9,12,15,17,19,29-30,34-35H,3-5,10-11,13-14,16H2,1-2H3/t28-,41+,42+,43-;17-,19+,29+,30-/m00/s1. The van der Waals surface area contributed by atoms with Gasteiger partial charge in [-0.25, -0.2) is 27.2 Å². The van der Waals surface area contributed by atoms with Crippen LogP contribution in [0.2, 0.25) is 0 Å². The van der Waals surface area contributed by atoms with E-state index >= 15 is 0 Å². The van der Waals surface area contributed by atoms with Gasteiger partial charge in [-0.1, -0.05) is 99.5 Å². The molecule has 3 aliphatic carbocycles. The average molecular weight is 1280 g/mol. The van der Waals surface area contributed by atoms with Crippen molar-refractivity contribution < 1.29 is 55.7 Å². The van der Waals surface area contributed by atoms with Gasteiger partial charge < -0.3 is 44.0 Å². The number of ether oxygens (including phenoxy) is 4. The van der Waals surface area contributed by atoms with Gasteiger partial charge in [0, 0.05) is 91.5 Å². The number of aromatic amines is 2. The number of esters is 2. The number of likely N-dealkylation sites (tertiary alicyclic amines) is 2. The highest BCUT2D eigenvalue weighted by Gasteiger charge is 2.44. The third kappa shape index (κ3) is 13.6. The fourth-order valence-electron chi connectivity index (χ4n) is 15.8. The summed E-state index contributed by atoms with van der Waals surface area (Å²) in [5, 5.41) is 5.41. The van der Waals surface area contributed by atoms with Gasteiger partial charge >= 0.3 is 24.1 Å². The van der Waals surface area contributed by atoms with Crippen LogP contribution in [0, 0.1) is 41.0 Å². The Labute approximate surface area is 544 Å². The highest BCUT2D eigenvalue weighted by Crippen LogP contribution is 2.48. The minimum Gasteiger partial charge on any atom is -0.461 e. The molecule has 0 spiro atoms. The zero-order valence-corrected chi connectivity index (χ0v) is 53.5. The summed E-state index contributed by atoms with van der Waals surface area (Å²) in [5.74, 6) is -0.588. The molecule has 4 fully saturated rings. The Morgan fingerprint density at radius 2 is 1.01 bits per heavy atom. The third-order valence-corrected chi connectivity index (χ3v) is 20.5. The van der Waals surface area contributed by atoms with Gasteiger partial charge in [-0.15, -0.1) is 0 Å². The van der Waals surface area contributed by atoms with Crippen LogP contribution in [0.15, 0.2) is 133 Å². The molecule has 8 atom stereocenters. The van der Waals surface area contributed by atoms with Crippen LogP contribution in [0.3, 0.4) is 0 Å². The molecule has 6 aromatic carbocycles. The zero-order chi connectivity index (χ0) is 65.3. The molecule has 1 saturated carbocycles. The molecule has 17 heteroatoms. The molecule has 2 aromatic heterocycles. The lowest BCUT2D eigenvalue weighted by atomic mass is 9.87. The molecule has 0 unspecified atom stereocenters. The predicted octanol–water partition coefficient (Wildman–Crippen LogP) is 15.8. The number of fused-ring (bicyclic) bond motifs is 4. The fraction of sp³-hybridized carbons (Fsp3) is 0.377. The van der Waals surface area contributed by atoms with Crippen LogP contribution >= 0.6 is 0 Å². The lowest BCUT2D eigenvalue weighted by molar-refractivity contribution is -0.148. The molecule has 6 aliphatic rings. The maximum Gasteiger partial charge on any atom is 0.410 e. The summed E-state index contributed by atoms with van der Waals surface area (Å²) in [6.07, 6.45) is 7.38. The first kappa shape index (κ1) is 63.8. The molecule has 3 saturated heterocycles. The van der Waals surface area contributed by atoms with Crippen LogP contribution in [-0.4, -0.2) is 93.9 Å². The molecule has 3 N–H and O–H groups in total. The van der Waals surface area contributed by atoms with E-state index in [0.717, 1.165) is 115 Å². The molecule has 0 bridgehead atoms. The Morgan fingerprint density at radius 3 is 1.55 bits per heavy atom. The number of nitrogens with one attached hydrogen (secondary N) is 3. The van der Waals surface area contributed by atoms with E-state index in [-0.39, 0.29) is 73.3 Å². The summed E-state index contributed by atoms with van der Waals surface area (Å²) >= 11 is 0. The van der Waals surface area contributed by atoms with Crippen LogP contribution in [0.1, 0.15) is 135 Å². The van der Waals surface area contributed by atoms with Crippen LogP contribution in [-0.2, 0) is 67.4 Å². The summed E-state index contributed by atoms with van der Waals surface area (Å²) < 4.78 is 81.3. The molecular weight excluding hydrogens is 1200 g/mol. The van der Waals surface area contributed by atoms with Crippen LogP contribution in [0.5, 0.6) is 0 Å². The molecular formula is C77H79F4N5O8. The van der Waals surface area contributed by atoms with Crippen molar-refractivity contribution in [3.63, 3.8) is 0 Å². The maximum absolute atomic E-state index is 14.9. The number of aromatic nitrogens is 2. The first-order chi connectivity index (χ1) is 45.5. The van der Waals surface area contributed by atoms with E-state index in [4.69, 9.17) is 18.9 Å². The number of allylic oxidation sites excluding steroid dienone is 2. The predicted molar refractivity (Wildman–Crippen MR) is 354 cm³/mol. The number of nitrogens with zero attached hydrogens (tertiary/aromatic N) is 2. The Balaban J connectivity index is 0.000000187. The summed E-state index contributed by atoms with van der Waals surface area (Å²) in [6.45, 7) is 9.17. The number of amides is 2. The molecule has 0 radical (unpaired) electrons. The normalized spacial score (nSPS) is 22.3. The number of rotatable bonds is 16. The van der Waals surface area contributed by atoms with E-state index in [0.29, 0.717) is 62.5 Å². The van der Waals surface area contributed by atoms with Crippen LogP contribution in [0.4, 0.5) is 27.2 Å². The number of carbonyl (C=O) groups is 4. The van der Waals surface area contributed by atoms with Crippen molar-refractivity contribution in [2.75, 3.05) is 19.6 Å². The molecule has 5 heterocycles. The first-order valence-electron chi connectivity index (χ1n) is 33.1. The topological polar surface area (TPSA) is 155 Å². The van der Waals surface area contributed by atoms with Gasteiger partial charge in [0.2, 0.25) is 0 Å². The second-order valence-corrected chi connectivity index (χ2v) is 26.5. The second-order valence-electron chi connectivity index (χ2n) is 26.5. The van der Waals surface area contributed by atoms with E-state index in [1.165, 1.54) is 69.0 Å². The van der Waals surface area contributed by atoms with Crippen LogP contribution in [0.25, 0.3) is 44.1 Å². The van der Waals surface area contributed by atoms with Gasteiger partial charge in [-0.3, -0.25) is 9.59 Å². The molecule has 14 rings (SSSR count). The van der Waals surface area contributed by atoms with E-state index in [1.54, 1.807) is 40.1 Å². The second kappa shape index (κ2) is 27.5. The lowest BCUT2D eigenvalue weighted by Gasteiger charge is -2.29. The molecule has 488 valence electrons.